The Kier molecular flexibility index (Phi) is 4.22. The van der Waals surface area contributed by atoms with Crippen LogP contribution >= 0.6 is 11.6 Å². The van der Waals surface area contributed by atoms with Gasteiger partial charge >= 0.3 is 0 Å². The highest BCUT2D eigenvalue weighted by atomic mass is 35.5. The minimum Gasteiger partial charge on any atom is -0.493 e. The molecule has 5 heteroatoms. The molecule has 0 aliphatic heterocycles. The zero-order chi connectivity index (χ0) is 13.7. The summed E-state index contributed by atoms with van der Waals surface area (Å²) in [5.74, 6) is 1.11. The van der Waals surface area contributed by atoms with Gasteiger partial charge in [0.1, 0.15) is 11.8 Å². The summed E-state index contributed by atoms with van der Waals surface area (Å²) >= 11 is 5.80. The van der Waals surface area contributed by atoms with Crippen molar-refractivity contribution in [3.05, 3.63) is 52.8 Å². The van der Waals surface area contributed by atoms with E-state index in [9.17, 15) is 0 Å². The molecule has 96 valence electrons. The van der Waals surface area contributed by atoms with E-state index in [1.165, 1.54) is 7.11 Å². The van der Waals surface area contributed by atoms with Crippen LogP contribution in [-0.4, -0.2) is 12.1 Å². The van der Waals surface area contributed by atoms with Gasteiger partial charge in [0.25, 0.3) is 0 Å². The summed E-state index contributed by atoms with van der Waals surface area (Å²) in [6.07, 6.45) is 1.62. The normalized spacial score (nSPS) is 9.74. The Bertz CT molecular complexity index is 623. The molecule has 1 aromatic carbocycles. The second-order valence-electron chi connectivity index (χ2n) is 3.75. The Balaban J connectivity index is 2.13. The number of rotatable bonds is 4. The average molecular weight is 275 g/mol. The lowest BCUT2D eigenvalue weighted by atomic mass is 10.2. The van der Waals surface area contributed by atoms with E-state index in [1.54, 1.807) is 30.5 Å². The molecule has 0 bridgehead atoms. The van der Waals surface area contributed by atoms with Crippen molar-refractivity contribution in [1.82, 2.24) is 4.98 Å². The lowest BCUT2D eigenvalue weighted by molar-refractivity contribution is 0.284. The van der Waals surface area contributed by atoms with Crippen molar-refractivity contribution in [2.24, 2.45) is 0 Å². The molecule has 2 aromatic rings. The van der Waals surface area contributed by atoms with Crippen LogP contribution in [0.3, 0.4) is 0 Å². The van der Waals surface area contributed by atoms with Gasteiger partial charge in [0.2, 0.25) is 0 Å². The molecular weight excluding hydrogens is 264 g/mol. The molecule has 2 rings (SSSR count). The Morgan fingerprint density at radius 2 is 2.11 bits per heavy atom. The maximum Gasteiger partial charge on any atom is 0.162 e. The molecule has 0 spiro atoms. The summed E-state index contributed by atoms with van der Waals surface area (Å²) in [6, 6.07) is 10.6. The Morgan fingerprint density at radius 3 is 2.79 bits per heavy atom. The summed E-state index contributed by atoms with van der Waals surface area (Å²) in [6.45, 7) is 0.352. The lowest BCUT2D eigenvalue weighted by Crippen LogP contribution is -1.98. The molecule has 0 amide bonds. The third-order valence-corrected chi connectivity index (χ3v) is 2.68. The summed E-state index contributed by atoms with van der Waals surface area (Å²) in [5.41, 5.74) is 1.43. The second kappa shape index (κ2) is 6.07. The van der Waals surface area contributed by atoms with Crippen LogP contribution in [0.4, 0.5) is 0 Å². The van der Waals surface area contributed by atoms with Gasteiger partial charge in [0, 0.05) is 12.3 Å². The molecule has 0 saturated carbocycles. The number of methoxy groups -OCH3 is 1. The first-order chi connectivity index (χ1) is 9.22. The fourth-order valence-corrected chi connectivity index (χ4v) is 1.75. The number of nitrogens with zero attached hydrogens (tertiary/aromatic N) is 2. The third-order valence-electron chi connectivity index (χ3n) is 2.48. The monoisotopic (exact) mass is 274 g/mol. The van der Waals surface area contributed by atoms with Crippen LogP contribution in [0.1, 0.15) is 11.1 Å². The maximum atomic E-state index is 8.82. The topological polar surface area (TPSA) is 55.1 Å². The largest absolute Gasteiger partial charge is 0.493 e. The molecule has 0 fully saturated rings. The zero-order valence-corrected chi connectivity index (χ0v) is 11.0. The van der Waals surface area contributed by atoms with Crippen LogP contribution in [0, 0.1) is 11.3 Å². The average Bonchev–Trinajstić information content (AvgIpc) is 2.45. The van der Waals surface area contributed by atoms with Gasteiger partial charge in [-0.15, -0.1) is 0 Å². The summed E-state index contributed by atoms with van der Waals surface area (Å²) in [5, 5.41) is 9.24. The van der Waals surface area contributed by atoms with Crippen molar-refractivity contribution < 1.29 is 9.47 Å². The highest BCUT2D eigenvalue weighted by Crippen LogP contribution is 2.28. The van der Waals surface area contributed by atoms with E-state index < -0.39 is 0 Å². The minimum atomic E-state index is 0.352. The van der Waals surface area contributed by atoms with Gasteiger partial charge in [-0.25, -0.2) is 4.98 Å². The Morgan fingerprint density at radius 1 is 1.26 bits per heavy atom. The van der Waals surface area contributed by atoms with Gasteiger partial charge in [-0.1, -0.05) is 11.6 Å². The first kappa shape index (κ1) is 13.2. The Labute approximate surface area is 116 Å². The van der Waals surface area contributed by atoms with Crippen LogP contribution in [0.5, 0.6) is 11.5 Å². The van der Waals surface area contributed by atoms with Gasteiger partial charge in [0.05, 0.1) is 18.7 Å². The van der Waals surface area contributed by atoms with E-state index in [0.717, 1.165) is 5.56 Å². The molecule has 0 atom stereocenters. The maximum absolute atomic E-state index is 8.82. The second-order valence-corrected chi connectivity index (χ2v) is 4.14. The third kappa shape index (κ3) is 3.36. The van der Waals surface area contributed by atoms with E-state index >= 15 is 0 Å². The predicted molar refractivity (Wildman–Crippen MR) is 71.3 cm³/mol. The van der Waals surface area contributed by atoms with Crippen LogP contribution in [-0.2, 0) is 6.61 Å². The number of pyridine rings is 1. The molecule has 0 N–H and O–H groups in total. The zero-order valence-electron chi connectivity index (χ0n) is 10.3. The molecule has 1 aromatic heterocycles. The van der Waals surface area contributed by atoms with Crippen LogP contribution < -0.4 is 9.47 Å². The molecule has 0 saturated heterocycles. The lowest BCUT2D eigenvalue weighted by Gasteiger charge is -2.10. The first-order valence-electron chi connectivity index (χ1n) is 5.54. The summed E-state index contributed by atoms with van der Waals surface area (Å²) in [7, 11) is 1.53. The van der Waals surface area contributed by atoms with E-state index in [4.69, 9.17) is 26.3 Å². The van der Waals surface area contributed by atoms with Crippen molar-refractivity contribution >= 4 is 11.6 Å². The fourth-order valence-electron chi connectivity index (χ4n) is 1.55. The first-order valence-corrected chi connectivity index (χ1v) is 5.92. The van der Waals surface area contributed by atoms with Gasteiger partial charge in [-0.3, -0.25) is 0 Å². The fraction of sp³-hybridized carbons (Fsp3) is 0.143. The van der Waals surface area contributed by atoms with Gasteiger partial charge < -0.3 is 9.47 Å². The molecule has 1 heterocycles. The number of aromatic nitrogens is 1. The molecule has 0 aliphatic rings. The molecular formula is C14H11ClN2O2. The van der Waals surface area contributed by atoms with E-state index in [0.29, 0.717) is 28.8 Å². The molecule has 0 radical (unpaired) electrons. The number of ether oxygens (including phenoxy) is 2. The molecule has 0 aliphatic carbocycles. The van der Waals surface area contributed by atoms with E-state index in [-0.39, 0.29) is 0 Å². The highest BCUT2D eigenvalue weighted by Gasteiger charge is 2.06. The number of hydrogen-bond donors (Lipinski definition) is 0. The quantitative estimate of drug-likeness (QED) is 0.804. The van der Waals surface area contributed by atoms with Crippen molar-refractivity contribution in [2.75, 3.05) is 7.11 Å². The van der Waals surface area contributed by atoms with E-state index in [1.807, 2.05) is 12.1 Å². The smallest absolute Gasteiger partial charge is 0.162 e. The van der Waals surface area contributed by atoms with Crippen LogP contribution in [0.25, 0.3) is 0 Å². The van der Waals surface area contributed by atoms with Gasteiger partial charge in [-0.05, 0) is 29.8 Å². The number of benzene rings is 1. The SMILES string of the molecule is COc1cc(C#N)ccc1OCc1ccnc(Cl)c1. The van der Waals surface area contributed by atoms with Crippen molar-refractivity contribution in [2.45, 2.75) is 6.61 Å². The van der Waals surface area contributed by atoms with Gasteiger partial charge in [-0.2, -0.15) is 5.26 Å². The predicted octanol–water partition coefficient (Wildman–Crippen LogP) is 3.19. The molecule has 0 unspecified atom stereocenters. The van der Waals surface area contributed by atoms with Crippen molar-refractivity contribution in [1.29, 1.82) is 5.26 Å². The highest BCUT2D eigenvalue weighted by molar-refractivity contribution is 6.29. The standard InChI is InChI=1S/C14H11ClN2O2/c1-18-13-6-10(8-16)2-3-12(13)19-9-11-4-5-17-14(15)7-11/h2-7H,9H2,1H3. The number of hydrogen-bond acceptors (Lipinski definition) is 4. The van der Waals surface area contributed by atoms with Gasteiger partial charge in [0.15, 0.2) is 11.5 Å². The summed E-state index contributed by atoms with van der Waals surface area (Å²) in [4.78, 5) is 3.90. The Hall–Kier alpha value is -2.25. The van der Waals surface area contributed by atoms with E-state index in [2.05, 4.69) is 4.98 Å². The molecule has 4 nitrogen and oxygen atoms in total. The van der Waals surface area contributed by atoms with Crippen LogP contribution in [0.2, 0.25) is 5.15 Å². The van der Waals surface area contributed by atoms with Crippen molar-refractivity contribution in [3.8, 4) is 17.6 Å². The number of nitriles is 1. The minimum absolute atomic E-state index is 0.352. The number of halogens is 1. The van der Waals surface area contributed by atoms with Crippen LogP contribution in [0.15, 0.2) is 36.5 Å². The summed E-state index contributed by atoms with van der Waals surface area (Å²) < 4.78 is 10.8. The van der Waals surface area contributed by atoms with Crippen molar-refractivity contribution in [3.63, 3.8) is 0 Å². The molecule has 19 heavy (non-hydrogen) atoms.